The van der Waals surface area contributed by atoms with Gasteiger partial charge in [-0.15, -0.1) is 0 Å². The molecule has 1 aromatic carbocycles. The van der Waals surface area contributed by atoms with Crippen LogP contribution in [0.1, 0.15) is 41.5 Å². The van der Waals surface area contributed by atoms with E-state index in [1.54, 1.807) is 17.0 Å². The molecular formula is C17H26ClFN2O2. The molecule has 0 bridgehead atoms. The maximum absolute atomic E-state index is 13.7. The van der Waals surface area contributed by atoms with Crippen molar-refractivity contribution in [3.8, 4) is 0 Å². The summed E-state index contributed by atoms with van der Waals surface area (Å²) >= 11 is 5.98. The summed E-state index contributed by atoms with van der Waals surface area (Å²) in [5.41, 5.74) is -0.737. The summed E-state index contributed by atoms with van der Waals surface area (Å²) in [5, 5.41) is 3.25. The third-order valence-electron chi connectivity index (χ3n) is 3.02. The zero-order valence-corrected chi connectivity index (χ0v) is 15.4. The lowest BCUT2D eigenvalue weighted by molar-refractivity contribution is 0.00749. The first-order chi connectivity index (χ1) is 10.4. The monoisotopic (exact) mass is 344 g/mol. The molecule has 1 N–H and O–H groups in total. The van der Waals surface area contributed by atoms with Crippen LogP contribution >= 0.6 is 11.6 Å². The van der Waals surface area contributed by atoms with Crippen LogP contribution in [0, 0.1) is 5.82 Å². The maximum Gasteiger partial charge on any atom is 0.410 e. The lowest BCUT2D eigenvalue weighted by Gasteiger charge is -2.37. The van der Waals surface area contributed by atoms with Crippen molar-refractivity contribution in [3.05, 3.63) is 29.0 Å². The summed E-state index contributed by atoms with van der Waals surface area (Å²) in [6, 6.07) is 4.50. The van der Waals surface area contributed by atoms with Crippen molar-refractivity contribution in [1.82, 2.24) is 4.90 Å². The van der Waals surface area contributed by atoms with Crippen LogP contribution in [0.3, 0.4) is 0 Å². The molecule has 0 aromatic heterocycles. The van der Waals surface area contributed by atoms with Gasteiger partial charge in [0.15, 0.2) is 0 Å². The molecule has 23 heavy (non-hydrogen) atoms. The van der Waals surface area contributed by atoms with Crippen LogP contribution in [0.15, 0.2) is 18.2 Å². The van der Waals surface area contributed by atoms with Crippen molar-refractivity contribution >= 4 is 23.4 Å². The number of ether oxygens (including phenoxy) is 1. The number of anilines is 1. The van der Waals surface area contributed by atoms with Gasteiger partial charge in [-0.2, -0.15) is 0 Å². The van der Waals surface area contributed by atoms with E-state index in [1.165, 1.54) is 6.07 Å². The number of carbonyl (C=O) groups excluding carboxylic acids is 1. The fraction of sp³-hybridized carbons (Fsp3) is 0.588. The van der Waals surface area contributed by atoms with Gasteiger partial charge in [0, 0.05) is 18.6 Å². The maximum atomic E-state index is 13.7. The number of amides is 1. The van der Waals surface area contributed by atoms with Gasteiger partial charge >= 0.3 is 6.09 Å². The molecule has 0 unspecified atom stereocenters. The molecule has 0 heterocycles. The van der Waals surface area contributed by atoms with Crippen molar-refractivity contribution in [1.29, 1.82) is 0 Å². The summed E-state index contributed by atoms with van der Waals surface area (Å²) in [5.74, 6) is -0.419. The van der Waals surface area contributed by atoms with E-state index in [-0.39, 0.29) is 5.69 Å². The van der Waals surface area contributed by atoms with Gasteiger partial charge in [-0.3, -0.25) is 0 Å². The van der Waals surface area contributed by atoms with Crippen LogP contribution < -0.4 is 5.32 Å². The first-order valence-corrected chi connectivity index (χ1v) is 7.98. The van der Waals surface area contributed by atoms with Crippen molar-refractivity contribution in [2.24, 2.45) is 0 Å². The third kappa shape index (κ3) is 6.26. The molecule has 0 saturated heterocycles. The standard InChI is InChI=1S/C17H26ClFN2O2/c1-16(2,3)21(15(22)23-17(4,5)6)11-10-20-14-12(18)8-7-9-13(14)19/h7-9,20H,10-11H2,1-6H3. The lowest BCUT2D eigenvalue weighted by atomic mass is 10.1. The van der Waals surface area contributed by atoms with Crippen LogP contribution in [-0.2, 0) is 4.74 Å². The van der Waals surface area contributed by atoms with Crippen LogP contribution in [0.25, 0.3) is 0 Å². The van der Waals surface area contributed by atoms with E-state index in [2.05, 4.69) is 5.32 Å². The van der Waals surface area contributed by atoms with E-state index in [9.17, 15) is 9.18 Å². The molecular weight excluding hydrogens is 319 g/mol. The first-order valence-electron chi connectivity index (χ1n) is 7.60. The molecule has 1 aromatic rings. The van der Waals surface area contributed by atoms with Crippen molar-refractivity contribution in [3.63, 3.8) is 0 Å². The average Bonchev–Trinajstić information content (AvgIpc) is 2.33. The Morgan fingerprint density at radius 3 is 2.35 bits per heavy atom. The summed E-state index contributed by atoms with van der Waals surface area (Å²) < 4.78 is 19.2. The Morgan fingerprint density at radius 2 is 1.87 bits per heavy atom. The van der Waals surface area contributed by atoms with E-state index < -0.39 is 23.1 Å². The SMILES string of the molecule is CC(C)(C)OC(=O)N(CCNc1c(F)cccc1Cl)C(C)(C)C. The molecule has 4 nitrogen and oxygen atoms in total. The predicted molar refractivity (Wildman–Crippen MR) is 92.6 cm³/mol. The van der Waals surface area contributed by atoms with Gasteiger partial charge in [0.2, 0.25) is 0 Å². The van der Waals surface area contributed by atoms with E-state index in [0.717, 1.165) is 0 Å². The Balaban J connectivity index is 2.75. The number of para-hydroxylation sites is 1. The highest BCUT2D eigenvalue weighted by molar-refractivity contribution is 6.33. The highest BCUT2D eigenvalue weighted by Gasteiger charge is 2.30. The molecule has 0 radical (unpaired) electrons. The minimum atomic E-state index is -0.567. The molecule has 6 heteroatoms. The van der Waals surface area contributed by atoms with Gasteiger partial charge in [0.25, 0.3) is 0 Å². The van der Waals surface area contributed by atoms with Crippen LogP contribution in [-0.4, -0.2) is 35.2 Å². The van der Waals surface area contributed by atoms with E-state index >= 15 is 0 Å². The van der Waals surface area contributed by atoms with E-state index in [0.29, 0.717) is 18.1 Å². The minimum absolute atomic E-state index is 0.243. The molecule has 0 aliphatic heterocycles. The van der Waals surface area contributed by atoms with Crippen LogP contribution in [0.2, 0.25) is 5.02 Å². The molecule has 1 rings (SSSR count). The summed E-state index contributed by atoms with van der Waals surface area (Å²) in [6.45, 7) is 12.0. The minimum Gasteiger partial charge on any atom is -0.444 e. The molecule has 130 valence electrons. The lowest BCUT2D eigenvalue weighted by Crippen LogP contribution is -2.49. The Morgan fingerprint density at radius 1 is 1.26 bits per heavy atom. The average molecular weight is 345 g/mol. The summed E-state index contributed by atoms with van der Waals surface area (Å²) in [4.78, 5) is 14.0. The smallest absolute Gasteiger partial charge is 0.410 e. The zero-order valence-electron chi connectivity index (χ0n) is 14.7. The van der Waals surface area contributed by atoms with Crippen molar-refractivity contribution < 1.29 is 13.9 Å². The van der Waals surface area contributed by atoms with Crippen molar-refractivity contribution in [2.45, 2.75) is 52.7 Å². The normalized spacial score (nSPS) is 12.0. The Hall–Kier alpha value is -1.49. The number of hydrogen-bond donors (Lipinski definition) is 1. The zero-order chi connectivity index (χ0) is 17.8. The topological polar surface area (TPSA) is 41.6 Å². The Bertz CT molecular complexity index is 530. The van der Waals surface area contributed by atoms with Gasteiger partial charge in [0.05, 0.1) is 10.7 Å². The van der Waals surface area contributed by atoms with Crippen molar-refractivity contribution in [2.75, 3.05) is 18.4 Å². The predicted octanol–water partition coefficient (Wildman–Crippen LogP) is 4.93. The molecule has 0 aliphatic carbocycles. The van der Waals surface area contributed by atoms with Gasteiger partial charge in [-0.05, 0) is 53.7 Å². The van der Waals surface area contributed by atoms with Crippen LogP contribution in [0.4, 0.5) is 14.9 Å². The fourth-order valence-electron chi connectivity index (χ4n) is 1.98. The van der Waals surface area contributed by atoms with E-state index in [4.69, 9.17) is 16.3 Å². The van der Waals surface area contributed by atoms with Gasteiger partial charge in [0.1, 0.15) is 11.4 Å². The fourth-order valence-corrected chi connectivity index (χ4v) is 2.21. The number of halogens is 2. The van der Waals surface area contributed by atoms with Gasteiger partial charge < -0.3 is 15.0 Å². The number of rotatable bonds is 4. The number of hydrogen-bond acceptors (Lipinski definition) is 3. The van der Waals surface area contributed by atoms with Crippen LogP contribution in [0.5, 0.6) is 0 Å². The molecule has 0 fully saturated rings. The largest absolute Gasteiger partial charge is 0.444 e. The second-order valence-electron chi connectivity index (χ2n) is 7.33. The Labute approximate surface area is 142 Å². The number of carbonyl (C=O) groups is 1. The number of nitrogens with one attached hydrogen (secondary N) is 1. The Kier molecular flexibility index (Phi) is 6.28. The first kappa shape index (κ1) is 19.6. The second-order valence-corrected chi connectivity index (χ2v) is 7.73. The van der Waals surface area contributed by atoms with Gasteiger partial charge in [-0.1, -0.05) is 17.7 Å². The highest BCUT2D eigenvalue weighted by atomic mass is 35.5. The molecule has 0 atom stereocenters. The molecule has 1 amide bonds. The third-order valence-corrected chi connectivity index (χ3v) is 3.34. The number of benzene rings is 1. The molecule has 0 aliphatic rings. The number of nitrogens with zero attached hydrogens (tertiary/aromatic N) is 1. The second kappa shape index (κ2) is 7.39. The molecule has 0 spiro atoms. The highest BCUT2D eigenvalue weighted by Crippen LogP contribution is 2.24. The van der Waals surface area contributed by atoms with Gasteiger partial charge in [-0.25, -0.2) is 9.18 Å². The van der Waals surface area contributed by atoms with E-state index in [1.807, 2.05) is 41.5 Å². The molecule has 0 saturated carbocycles. The quantitative estimate of drug-likeness (QED) is 0.842. The summed E-state index contributed by atoms with van der Waals surface area (Å²) in [7, 11) is 0. The summed E-state index contributed by atoms with van der Waals surface area (Å²) in [6.07, 6.45) is -0.397.